The Balaban J connectivity index is 0.000000331. The molecule has 0 radical (unpaired) electrons. The van der Waals surface area contributed by atoms with E-state index in [-0.39, 0.29) is 23.0 Å². The molecule has 5 aliphatic rings. The maximum absolute atomic E-state index is 12.6. The number of rotatable bonds is 4. The molecule has 5 rings (SSSR count). The number of carbonyl (C=O) groups excluding carboxylic acids is 1. The van der Waals surface area contributed by atoms with Gasteiger partial charge in [0.25, 0.3) is 0 Å². The number of hydrogen-bond acceptors (Lipinski definition) is 7. The van der Waals surface area contributed by atoms with Gasteiger partial charge in [0, 0.05) is 37.0 Å². The second-order valence-corrected chi connectivity index (χ2v) is 11.8. The Morgan fingerprint density at radius 3 is 2.42 bits per heavy atom. The number of aliphatic hydroxyl groups excluding tert-OH is 1. The summed E-state index contributed by atoms with van der Waals surface area (Å²) in [5.74, 6) is -0.327. The van der Waals surface area contributed by atoms with Gasteiger partial charge in [0.15, 0.2) is 0 Å². The maximum Gasteiger partial charge on any atom is 0.328 e. The number of aliphatic hydroxyl groups is 1. The first-order valence-corrected chi connectivity index (χ1v) is 13.3. The zero-order chi connectivity index (χ0) is 26.1. The molecule has 0 aromatic carbocycles. The Kier molecular flexibility index (Phi) is 7.90. The number of ketones is 1. The molecule has 4 aliphatic carbocycles. The van der Waals surface area contributed by atoms with Gasteiger partial charge in [0.05, 0.1) is 11.8 Å². The minimum absolute atomic E-state index is 0.171. The molecule has 0 aromatic heterocycles. The van der Waals surface area contributed by atoms with Crippen molar-refractivity contribution >= 4 is 23.4 Å². The van der Waals surface area contributed by atoms with Crippen molar-refractivity contribution in [2.24, 2.45) is 39.7 Å². The number of carboxylic acid groups (broad SMARTS) is 2. The predicted molar refractivity (Wildman–Crippen MR) is 132 cm³/mol. The Hall–Kier alpha value is -2.26. The van der Waals surface area contributed by atoms with E-state index in [9.17, 15) is 19.5 Å². The molecular formula is C27H40N2O7. The fraction of sp³-hybridized carbons (Fsp3) is 0.778. The van der Waals surface area contributed by atoms with Crippen molar-refractivity contribution in [3.8, 4) is 0 Å². The highest BCUT2D eigenvalue weighted by Gasteiger charge is 2.62. The van der Waals surface area contributed by atoms with Gasteiger partial charge >= 0.3 is 11.9 Å². The van der Waals surface area contributed by atoms with E-state index in [4.69, 9.17) is 15.1 Å². The summed E-state index contributed by atoms with van der Waals surface area (Å²) in [6.45, 7) is 6.58. The van der Waals surface area contributed by atoms with Crippen LogP contribution in [0.25, 0.3) is 0 Å². The standard InChI is InChI=1S/C23H36N2O3.C4H4O4/c1-22-8-5-15(25-28-16-7-10-24-13-16)11-14(22)12-19(26)21-17-3-4-20(27)23(17,2)9-6-18(21)22;5-3(6)1-2-4(7)8/h14,16-19,21,24,26H,3-13H2,1-2H3;1-2H,(H,5,6)(H,7,8)/b;2-1+/t14?,16-,17+,18+,19-,21+,22+,23+;/m1./s1. The summed E-state index contributed by atoms with van der Waals surface area (Å²) in [7, 11) is 0. The first kappa shape index (κ1) is 26.8. The van der Waals surface area contributed by atoms with E-state index in [0.717, 1.165) is 70.9 Å². The number of fused-ring (bicyclic) bond motifs is 5. The minimum atomic E-state index is -1.26. The Morgan fingerprint density at radius 2 is 1.78 bits per heavy atom. The average molecular weight is 505 g/mol. The molecule has 1 aliphatic heterocycles. The summed E-state index contributed by atoms with van der Waals surface area (Å²) in [6, 6.07) is 0. The van der Waals surface area contributed by atoms with Gasteiger partial charge in [-0.25, -0.2) is 9.59 Å². The number of nitrogens with zero attached hydrogens (tertiary/aromatic N) is 1. The lowest BCUT2D eigenvalue weighted by atomic mass is 9.44. The van der Waals surface area contributed by atoms with Gasteiger partial charge in [-0.15, -0.1) is 0 Å². The molecule has 0 aromatic rings. The molecule has 36 heavy (non-hydrogen) atoms. The lowest BCUT2D eigenvalue weighted by Gasteiger charge is -2.60. The Bertz CT molecular complexity index is 911. The van der Waals surface area contributed by atoms with Crippen molar-refractivity contribution in [3.63, 3.8) is 0 Å². The third kappa shape index (κ3) is 5.23. The zero-order valence-electron chi connectivity index (χ0n) is 21.3. The number of nitrogens with one attached hydrogen (secondary N) is 1. The molecule has 9 heteroatoms. The lowest BCUT2D eigenvalue weighted by molar-refractivity contribution is -0.158. The van der Waals surface area contributed by atoms with Gasteiger partial charge < -0.3 is 25.5 Å². The summed E-state index contributed by atoms with van der Waals surface area (Å²) >= 11 is 0. The molecule has 4 saturated carbocycles. The highest BCUT2D eigenvalue weighted by Crippen LogP contribution is 2.65. The summed E-state index contributed by atoms with van der Waals surface area (Å²) in [4.78, 5) is 37.5. The molecule has 0 spiro atoms. The maximum atomic E-state index is 12.6. The number of aliphatic carboxylic acids is 2. The largest absolute Gasteiger partial charge is 0.478 e. The molecule has 4 N–H and O–H groups in total. The summed E-state index contributed by atoms with van der Waals surface area (Å²) in [5, 5.41) is 34.7. The number of carbonyl (C=O) groups is 3. The fourth-order valence-electron chi connectivity index (χ4n) is 7.89. The molecule has 9 nitrogen and oxygen atoms in total. The smallest absolute Gasteiger partial charge is 0.328 e. The van der Waals surface area contributed by atoms with Crippen molar-refractivity contribution in [1.82, 2.24) is 5.32 Å². The van der Waals surface area contributed by atoms with E-state index in [2.05, 4.69) is 24.3 Å². The topological polar surface area (TPSA) is 146 Å². The lowest BCUT2D eigenvalue weighted by Crippen LogP contribution is -2.58. The van der Waals surface area contributed by atoms with E-state index in [0.29, 0.717) is 41.6 Å². The van der Waals surface area contributed by atoms with Crippen LogP contribution >= 0.6 is 0 Å². The first-order chi connectivity index (χ1) is 17.0. The molecule has 0 bridgehead atoms. The van der Waals surface area contributed by atoms with Crippen molar-refractivity contribution in [2.75, 3.05) is 13.1 Å². The van der Waals surface area contributed by atoms with Gasteiger partial charge in [0.1, 0.15) is 11.9 Å². The van der Waals surface area contributed by atoms with Crippen molar-refractivity contribution < 1.29 is 34.5 Å². The second kappa shape index (κ2) is 10.6. The third-order valence-corrected chi connectivity index (χ3v) is 9.94. The molecular weight excluding hydrogens is 464 g/mol. The van der Waals surface area contributed by atoms with Gasteiger partial charge in [-0.2, -0.15) is 0 Å². The van der Waals surface area contributed by atoms with Gasteiger partial charge in [-0.1, -0.05) is 19.0 Å². The van der Waals surface area contributed by atoms with E-state index < -0.39 is 11.9 Å². The van der Waals surface area contributed by atoms with Crippen LogP contribution in [0.2, 0.25) is 0 Å². The Labute approximate surface area is 212 Å². The average Bonchev–Trinajstić information content (AvgIpc) is 3.45. The third-order valence-electron chi connectivity index (χ3n) is 9.94. The number of carboxylic acids is 2. The molecule has 1 unspecified atom stereocenters. The molecule has 200 valence electrons. The van der Waals surface area contributed by atoms with Crippen LogP contribution in [-0.4, -0.2) is 64.1 Å². The SMILES string of the molecule is C[C@]12CCC(=NO[C@@H]3CCNC3)CC1C[C@@H](O)[C@@H]1[C@@H]2CC[C@]2(C)C(=O)CC[C@@H]12.O=C(O)/C=C/C(=O)O. The van der Waals surface area contributed by atoms with Gasteiger partial charge in [-0.3, -0.25) is 4.79 Å². The highest BCUT2D eigenvalue weighted by molar-refractivity contribution is 5.89. The zero-order valence-corrected chi connectivity index (χ0v) is 21.3. The van der Waals surface area contributed by atoms with Crippen molar-refractivity contribution in [1.29, 1.82) is 0 Å². The summed E-state index contributed by atoms with van der Waals surface area (Å²) in [5.41, 5.74) is 1.29. The molecule has 0 amide bonds. The van der Waals surface area contributed by atoms with Crippen LogP contribution in [0, 0.1) is 34.5 Å². The highest BCUT2D eigenvalue weighted by atomic mass is 16.6. The minimum Gasteiger partial charge on any atom is -0.478 e. The van der Waals surface area contributed by atoms with Crippen LogP contribution in [0.1, 0.15) is 71.6 Å². The summed E-state index contributed by atoms with van der Waals surface area (Å²) < 4.78 is 0. The Morgan fingerprint density at radius 1 is 1.06 bits per heavy atom. The quantitative estimate of drug-likeness (QED) is 0.338. The molecule has 8 atom stereocenters. The fourth-order valence-corrected chi connectivity index (χ4v) is 7.89. The molecule has 1 saturated heterocycles. The number of hydrogen-bond donors (Lipinski definition) is 4. The predicted octanol–water partition coefficient (Wildman–Crippen LogP) is 3.02. The monoisotopic (exact) mass is 504 g/mol. The van der Waals surface area contributed by atoms with Crippen LogP contribution in [-0.2, 0) is 19.2 Å². The normalized spacial score (nSPS) is 42.8. The number of Topliss-reactive ketones (excluding diaryl/α,β-unsaturated/α-hetero) is 1. The van der Waals surface area contributed by atoms with E-state index >= 15 is 0 Å². The van der Waals surface area contributed by atoms with E-state index in [1.165, 1.54) is 5.71 Å². The van der Waals surface area contributed by atoms with Crippen molar-refractivity contribution in [3.05, 3.63) is 12.2 Å². The molecule has 5 fully saturated rings. The van der Waals surface area contributed by atoms with Crippen LogP contribution in [0.3, 0.4) is 0 Å². The molecule has 1 heterocycles. The summed E-state index contributed by atoms with van der Waals surface area (Å²) in [6.07, 6.45) is 9.95. The van der Waals surface area contributed by atoms with Crippen LogP contribution in [0.15, 0.2) is 17.3 Å². The van der Waals surface area contributed by atoms with E-state index in [1.54, 1.807) is 0 Å². The number of oxime groups is 1. The van der Waals surface area contributed by atoms with Gasteiger partial charge in [-0.05, 0) is 80.6 Å². The second-order valence-electron chi connectivity index (χ2n) is 11.8. The van der Waals surface area contributed by atoms with Gasteiger partial charge in [0.2, 0.25) is 0 Å². The van der Waals surface area contributed by atoms with Crippen LogP contribution in [0.5, 0.6) is 0 Å². The van der Waals surface area contributed by atoms with Crippen LogP contribution in [0.4, 0.5) is 0 Å². The first-order valence-electron chi connectivity index (χ1n) is 13.3. The van der Waals surface area contributed by atoms with Crippen molar-refractivity contribution in [2.45, 2.75) is 83.8 Å². The van der Waals surface area contributed by atoms with Crippen LogP contribution < -0.4 is 5.32 Å². The van der Waals surface area contributed by atoms with E-state index in [1.807, 2.05) is 0 Å².